The molecule has 0 radical (unpaired) electrons. The first-order valence-corrected chi connectivity index (χ1v) is 10.6. The highest BCUT2D eigenvalue weighted by atomic mass is 32.1. The van der Waals surface area contributed by atoms with E-state index in [0.717, 1.165) is 5.82 Å². The molecule has 1 aliphatic carbocycles. The minimum absolute atomic E-state index is 0.653. The molecular formula is C22H24N4S. The molecule has 1 saturated heterocycles. The number of benzene rings is 1. The predicted octanol–water partition coefficient (Wildman–Crippen LogP) is 5.16. The van der Waals surface area contributed by atoms with Crippen LogP contribution in [0.15, 0.2) is 53.4 Å². The normalized spacial score (nSPS) is 18.0. The zero-order valence-corrected chi connectivity index (χ0v) is 16.4. The Kier molecular flexibility index (Phi) is 4.42. The van der Waals surface area contributed by atoms with E-state index in [4.69, 9.17) is 4.98 Å². The molecule has 2 fully saturated rings. The highest BCUT2D eigenvalue weighted by Crippen LogP contribution is 2.38. The third kappa shape index (κ3) is 3.62. The van der Waals surface area contributed by atoms with Gasteiger partial charge in [-0.3, -0.25) is 4.98 Å². The summed E-state index contributed by atoms with van der Waals surface area (Å²) in [5, 5.41) is 6.11. The fourth-order valence-corrected chi connectivity index (χ4v) is 4.59. The summed E-state index contributed by atoms with van der Waals surface area (Å²) in [6.45, 7) is 2.37. The Morgan fingerprint density at radius 3 is 2.70 bits per heavy atom. The molecule has 0 unspecified atom stereocenters. The Hall–Kier alpha value is -2.24. The minimum atomic E-state index is 0.653. The van der Waals surface area contributed by atoms with Gasteiger partial charge in [-0.1, -0.05) is 12.1 Å². The lowest BCUT2D eigenvalue weighted by Crippen LogP contribution is -2.32. The van der Waals surface area contributed by atoms with Crippen LogP contribution in [0.4, 0.5) is 5.82 Å². The summed E-state index contributed by atoms with van der Waals surface area (Å²) in [6, 6.07) is 8.74. The Morgan fingerprint density at radius 1 is 1.11 bits per heavy atom. The van der Waals surface area contributed by atoms with E-state index in [1.165, 1.54) is 65.7 Å². The zero-order chi connectivity index (χ0) is 18.2. The van der Waals surface area contributed by atoms with Gasteiger partial charge in [0.2, 0.25) is 0 Å². The number of piperidine rings is 1. The summed E-state index contributed by atoms with van der Waals surface area (Å²) in [7, 11) is 2.22. The summed E-state index contributed by atoms with van der Waals surface area (Å²) >= 11 is 1.68. The summed E-state index contributed by atoms with van der Waals surface area (Å²) in [5.74, 6) is 1.62. The van der Waals surface area contributed by atoms with Crippen LogP contribution in [0, 0.1) is 5.92 Å². The quantitative estimate of drug-likeness (QED) is 0.683. The molecule has 0 spiro atoms. The average Bonchev–Trinajstić information content (AvgIpc) is 3.39. The second kappa shape index (κ2) is 7.06. The van der Waals surface area contributed by atoms with Crippen LogP contribution >= 0.6 is 11.3 Å². The molecular weight excluding hydrogens is 352 g/mol. The van der Waals surface area contributed by atoms with Gasteiger partial charge in [-0.25, -0.2) is 4.98 Å². The molecule has 3 aromatic rings. The van der Waals surface area contributed by atoms with Crippen LogP contribution in [0.5, 0.6) is 0 Å². The molecule has 2 aliphatic rings. The van der Waals surface area contributed by atoms with Crippen molar-refractivity contribution < 1.29 is 0 Å². The van der Waals surface area contributed by atoms with Crippen LogP contribution in [-0.4, -0.2) is 35.0 Å². The van der Waals surface area contributed by atoms with Crippen molar-refractivity contribution in [2.75, 3.05) is 25.5 Å². The fourth-order valence-electron chi connectivity index (χ4n) is 3.97. The number of hydrogen-bond acceptors (Lipinski definition) is 5. The van der Waals surface area contributed by atoms with Gasteiger partial charge in [-0.2, -0.15) is 0 Å². The molecule has 0 amide bonds. The largest absolute Gasteiger partial charge is 0.344 e. The second-order valence-electron chi connectivity index (χ2n) is 7.72. The van der Waals surface area contributed by atoms with Gasteiger partial charge in [0.15, 0.2) is 0 Å². The number of allylic oxidation sites excluding steroid dienone is 2. The third-order valence-corrected chi connectivity index (χ3v) is 6.53. The lowest BCUT2D eigenvalue weighted by Gasteiger charge is -2.31. The Balaban J connectivity index is 1.43. The van der Waals surface area contributed by atoms with Crippen molar-refractivity contribution in [3.63, 3.8) is 0 Å². The SMILES string of the molecule is CN1CCC(C(Nc2cc3cc(-c4cncs4)ccc3cn2)=C2CC2)CC1. The van der Waals surface area contributed by atoms with Crippen LogP contribution in [-0.2, 0) is 0 Å². The van der Waals surface area contributed by atoms with Gasteiger partial charge in [0.1, 0.15) is 5.82 Å². The number of aromatic nitrogens is 2. The molecule has 5 heteroatoms. The summed E-state index contributed by atoms with van der Waals surface area (Å²) in [5.41, 5.74) is 6.16. The number of anilines is 1. The van der Waals surface area contributed by atoms with Gasteiger partial charge < -0.3 is 10.2 Å². The van der Waals surface area contributed by atoms with E-state index in [0.29, 0.717) is 5.92 Å². The Morgan fingerprint density at radius 2 is 1.96 bits per heavy atom. The van der Waals surface area contributed by atoms with Crippen molar-refractivity contribution >= 4 is 27.9 Å². The maximum atomic E-state index is 4.69. The molecule has 1 aliphatic heterocycles. The van der Waals surface area contributed by atoms with Crippen molar-refractivity contribution in [2.45, 2.75) is 25.7 Å². The Labute approximate surface area is 164 Å². The number of thiazole rings is 1. The van der Waals surface area contributed by atoms with Crippen molar-refractivity contribution in [1.82, 2.24) is 14.9 Å². The maximum Gasteiger partial charge on any atom is 0.130 e. The van der Waals surface area contributed by atoms with Crippen LogP contribution in [0.25, 0.3) is 21.2 Å². The fraction of sp³-hybridized carbons (Fsp3) is 0.364. The first-order chi connectivity index (χ1) is 13.3. The van der Waals surface area contributed by atoms with Gasteiger partial charge in [-0.05, 0) is 74.5 Å². The lowest BCUT2D eigenvalue weighted by molar-refractivity contribution is 0.238. The van der Waals surface area contributed by atoms with Crippen molar-refractivity contribution in [3.8, 4) is 10.4 Å². The van der Waals surface area contributed by atoms with Crippen LogP contribution in [0.1, 0.15) is 25.7 Å². The molecule has 1 saturated carbocycles. The lowest BCUT2D eigenvalue weighted by atomic mass is 9.93. The molecule has 1 aromatic carbocycles. The van der Waals surface area contributed by atoms with Crippen molar-refractivity contribution in [2.24, 2.45) is 5.92 Å². The maximum absolute atomic E-state index is 4.69. The van der Waals surface area contributed by atoms with Gasteiger partial charge in [0, 0.05) is 29.4 Å². The number of pyridine rings is 1. The first-order valence-electron chi connectivity index (χ1n) is 9.72. The molecule has 27 heavy (non-hydrogen) atoms. The summed E-state index contributed by atoms with van der Waals surface area (Å²) < 4.78 is 0. The molecule has 1 N–H and O–H groups in total. The van der Waals surface area contributed by atoms with Gasteiger partial charge >= 0.3 is 0 Å². The second-order valence-corrected chi connectivity index (χ2v) is 8.60. The van der Waals surface area contributed by atoms with Crippen LogP contribution < -0.4 is 5.32 Å². The topological polar surface area (TPSA) is 41.0 Å². The molecule has 0 bridgehead atoms. The van der Waals surface area contributed by atoms with E-state index >= 15 is 0 Å². The van der Waals surface area contributed by atoms with Crippen LogP contribution in [0.3, 0.4) is 0 Å². The van der Waals surface area contributed by atoms with E-state index in [-0.39, 0.29) is 0 Å². The summed E-state index contributed by atoms with van der Waals surface area (Å²) in [6.07, 6.45) is 8.90. The first kappa shape index (κ1) is 16.9. The monoisotopic (exact) mass is 376 g/mol. The standard InChI is InChI=1S/C22H24N4S/c1-26-8-6-16(7-9-26)22(15-2-3-15)25-21-11-19-10-17(20-13-23-14-27-20)4-5-18(19)12-24-21/h4-5,10-14,16H,2-3,6-9H2,1H3,(H,24,25). The third-order valence-electron chi connectivity index (χ3n) is 5.71. The number of hydrogen-bond donors (Lipinski definition) is 1. The number of fused-ring (bicyclic) bond motifs is 1. The predicted molar refractivity (Wildman–Crippen MR) is 113 cm³/mol. The van der Waals surface area contributed by atoms with Gasteiger partial charge in [0.25, 0.3) is 0 Å². The summed E-state index contributed by atoms with van der Waals surface area (Å²) in [4.78, 5) is 12.5. The highest BCUT2D eigenvalue weighted by Gasteiger charge is 2.27. The number of nitrogens with zero attached hydrogens (tertiary/aromatic N) is 3. The average molecular weight is 377 g/mol. The van der Waals surface area contributed by atoms with E-state index in [9.17, 15) is 0 Å². The van der Waals surface area contributed by atoms with E-state index < -0.39 is 0 Å². The van der Waals surface area contributed by atoms with Gasteiger partial charge in [-0.15, -0.1) is 11.3 Å². The van der Waals surface area contributed by atoms with E-state index in [1.54, 1.807) is 16.9 Å². The smallest absolute Gasteiger partial charge is 0.130 e. The zero-order valence-electron chi connectivity index (χ0n) is 15.6. The molecule has 5 rings (SSSR count). The minimum Gasteiger partial charge on any atom is -0.344 e. The Bertz CT molecular complexity index is 979. The van der Waals surface area contributed by atoms with Crippen molar-refractivity contribution in [1.29, 1.82) is 0 Å². The molecule has 0 atom stereocenters. The van der Waals surface area contributed by atoms with Crippen molar-refractivity contribution in [3.05, 3.63) is 53.4 Å². The number of rotatable bonds is 4. The molecule has 138 valence electrons. The molecule has 3 heterocycles. The highest BCUT2D eigenvalue weighted by molar-refractivity contribution is 7.13. The van der Waals surface area contributed by atoms with E-state index in [2.05, 4.69) is 46.5 Å². The number of likely N-dealkylation sites (tertiary alicyclic amines) is 1. The van der Waals surface area contributed by atoms with Crippen LogP contribution in [0.2, 0.25) is 0 Å². The number of nitrogens with one attached hydrogen (secondary N) is 1. The van der Waals surface area contributed by atoms with E-state index in [1.807, 2.05) is 17.9 Å². The molecule has 4 nitrogen and oxygen atoms in total. The molecule has 2 aromatic heterocycles. The van der Waals surface area contributed by atoms with Gasteiger partial charge in [0.05, 0.1) is 10.4 Å².